The lowest BCUT2D eigenvalue weighted by Crippen LogP contribution is -2.13. The summed E-state index contributed by atoms with van der Waals surface area (Å²) >= 11 is 3.40. The molecule has 0 aromatic heterocycles. The molecule has 0 aliphatic carbocycles. The monoisotopic (exact) mass is 400 g/mol. The van der Waals surface area contributed by atoms with Crippen molar-refractivity contribution in [2.24, 2.45) is 0 Å². The highest BCUT2D eigenvalue weighted by atomic mass is 79.9. The first-order valence-electron chi connectivity index (χ1n) is 8.21. The van der Waals surface area contributed by atoms with Crippen molar-refractivity contribution in [1.29, 1.82) is 0 Å². The number of carboxylic acids is 1. The number of ether oxygens (including phenoxy) is 2. The van der Waals surface area contributed by atoms with E-state index in [4.69, 9.17) is 14.6 Å². The van der Waals surface area contributed by atoms with Crippen LogP contribution in [0.5, 0.6) is 11.5 Å². The molecular formula is C18H25BrO5. The molecule has 0 unspecified atom stereocenters. The van der Waals surface area contributed by atoms with Gasteiger partial charge in [0.15, 0.2) is 12.4 Å². The highest BCUT2D eigenvalue weighted by molar-refractivity contribution is 9.09. The summed E-state index contributed by atoms with van der Waals surface area (Å²) in [5, 5.41) is 9.78. The SMILES string of the molecule is CCCc1c(OCC(=O)O)ccc(C(C)=O)c1OCCCCCBr. The van der Waals surface area contributed by atoms with Crippen molar-refractivity contribution in [3.05, 3.63) is 23.3 Å². The van der Waals surface area contributed by atoms with Gasteiger partial charge in [0, 0.05) is 10.9 Å². The van der Waals surface area contributed by atoms with Crippen LogP contribution in [0.2, 0.25) is 0 Å². The van der Waals surface area contributed by atoms with E-state index in [9.17, 15) is 9.59 Å². The molecule has 1 N–H and O–H groups in total. The van der Waals surface area contributed by atoms with E-state index in [1.165, 1.54) is 6.92 Å². The van der Waals surface area contributed by atoms with Gasteiger partial charge in [-0.3, -0.25) is 4.79 Å². The fraction of sp³-hybridized carbons (Fsp3) is 0.556. The maximum atomic E-state index is 11.9. The lowest BCUT2D eigenvalue weighted by molar-refractivity contribution is -0.139. The van der Waals surface area contributed by atoms with Gasteiger partial charge in [0.1, 0.15) is 11.5 Å². The number of carbonyl (C=O) groups is 2. The molecule has 1 rings (SSSR count). The normalized spacial score (nSPS) is 10.5. The number of halogens is 1. The van der Waals surface area contributed by atoms with Crippen molar-refractivity contribution < 1.29 is 24.2 Å². The van der Waals surface area contributed by atoms with Crippen LogP contribution in [0.4, 0.5) is 0 Å². The lowest BCUT2D eigenvalue weighted by Gasteiger charge is -2.18. The molecule has 0 radical (unpaired) electrons. The van der Waals surface area contributed by atoms with Crippen LogP contribution in [-0.2, 0) is 11.2 Å². The quantitative estimate of drug-likeness (QED) is 0.322. The second-order valence-corrected chi connectivity index (χ2v) is 6.30. The van der Waals surface area contributed by atoms with Crippen LogP contribution in [-0.4, -0.2) is 35.4 Å². The van der Waals surface area contributed by atoms with Gasteiger partial charge in [-0.1, -0.05) is 29.3 Å². The predicted octanol–water partition coefficient (Wildman–Crippen LogP) is 4.25. The summed E-state index contributed by atoms with van der Waals surface area (Å²) < 4.78 is 11.3. The number of Topliss-reactive ketones (excluding diaryl/α,β-unsaturated/α-hetero) is 1. The molecule has 0 fully saturated rings. The Morgan fingerprint density at radius 1 is 1.17 bits per heavy atom. The average molecular weight is 401 g/mol. The Kier molecular flexibility index (Phi) is 9.45. The van der Waals surface area contributed by atoms with E-state index in [-0.39, 0.29) is 5.78 Å². The summed E-state index contributed by atoms with van der Waals surface area (Å²) in [6.07, 6.45) is 4.51. The van der Waals surface area contributed by atoms with Crippen LogP contribution in [0.15, 0.2) is 12.1 Å². The minimum atomic E-state index is -1.04. The van der Waals surface area contributed by atoms with Crippen molar-refractivity contribution in [1.82, 2.24) is 0 Å². The Bertz CT molecular complexity index is 557. The van der Waals surface area contributed by atoms with Gasteiger partial charge in [-0.15, -0.1) is 0 Å². The van der Waals surface area contributed by atoms with E-state index in [0.717, 1.165) is 36.6 Å². The van der Waals surface area contributed by atoms with E-state index in [1.54, 1.807) is 12.1 Å². The van der Waals surface area contributed by atoms with Crippen molar-refractivity contribution in [3.8, 4) is 11.5 Å². The van der Waals surface area contributed by atoms with Crippen LogP contribution >= 0.6 is 15.9 Å². The summed E-state index contributed by atoms with van der Waals surface area (Å²) in [5.74, 6) is -0.108. The molecule has 1 aromatic rings. The fourth-order valence-corrected chi connectivity index (χ4v) is 2.76. The van der Waals surface area contributed by atoms with Crippen molar-refractivity contribution >= 4 is 27.7 Å². The van der Waals surface area contributed by atoms with Gasteiger partial charge < -0.3 is 14.6 Å². The van der Waals surface area contributed by atoms with E-state index < -0.39 is 12.6 Å². The third-order valence-corrected chi connectivity index (χ3v) is 4.03. The number of hydrogen-bond acceptors (Lipinski definition) is 4. The molecule has 0 atom stereocenters. The first kappa shape index (κ1) is 20.5. The molecule has 0 aliphatic rings. The van der Waals surface area contributed by atoms with Crippen LogP contribution < -0.4 is 9.47 Å². The third kappa shape index (κ3) is 6.51. The molecular weight excluding hydrogens is 376 g/mol. The Morgan fingerprint density at radius 3 is 2.50 bits per heavy atom. The maximum absolute atomic E-state index is 11.9. The minimum absolute atomic E-state index is 0.0763. The summed E-state index contributed by atoms with van der Waals surface area (Å²) in [7, 11) is 0. The van der Waals surface area contributed by atoms with Gasteiger partial charge >= 0.3 is 5.97 Å². The Labute approximate surface area is 151 Å². The number of aliphatic carboxylic acids is 1. The largest absolute Gasteiger partial charge is 0.492 e. The highest BCUT2D eigenvalue weighted by Crippen LogP contribution is 2.34. The molecule has 0 aliphatic heterocycles. The summed E-state index contributed by atoms with van der Waals surface area (Å²) in [6.45, 7) is 3.62. The van der Waals surface area contributed by atoms with Gasteiger partial charge in [0.25, 0.3) is 0 Å². The zero-order valence-corrected chi connectivity index (χ0v) is 15.9. The van der Waals surface area contributed by atoms with Crippen LogP contribution in [0.25, 0.3) is 0 Å². The van der Waals surface area contributed by atoms with Gasteiger partial charge in [0.05, 0.1) is 12.2 Å². The van der Waals surface area contributed by atoms with Crippen LogP contribution in [0.3, 0.4) is 0 Å². The van der Waals surface area contributed by atoms with Crippen LogP contribution in [0.1, 0.15) is 55.5 Å². The molecule has 0 spiro atoms. The zero-order chi connectivity index (χ0) is 17.9. The number of ketones is 1. The molecule has 0 saturated heterocycles. The zero-order valence-electron chi connectivity index (χ0n) is 14.3. The molecule has 6 heteroatoms. The number of hydrogen-bond donors (Lipinski definition) is 1. The number of carbonyl (C=O) groups excluding carboxylic acids is 1. The number of unbranched alkanes of at least 4 members (excludes halogenated alkanes) is 2. The van der Waals surface area contributed by atoms with Gasteiger partial charge in [-0.2, -0.15) is 0 Å². The van der Waals surface area contributed by atoms with E-state index in [0.29, 0.717) is 30.1 Å². The average Bonchev–Trinajstić information content (AvgIpc) is 2.54. The van der Waals surface area contributed by atoms with Crippen LogP contribution in [0, 0.1) is 0 Å². The number of benzene rings is 1. The van der Waals surface area contributed by atoms with Crippen molar-refractivity contribution in [3.63, 3.8) is 0 Å². The topological polar surface area (TPSA) is 72.8 Å². The minimum Gasteiger partial charge on any atom is -0.492 e. The molecule has 24 heavy (non-hydrogen) atoms. The molecule has 134 valence electrons. The fourth-order valence-electron chi connectivity index (χ4n) is 2.36. The number of rotatable bonds is 12. The third-order valence-electron chi connectivity index (χ3n) is 3.47. The summed E-state index contributed by atoms with van der Waals surface area (Å²) in [4.78, 5) is 22.7. The predicted molar refractivity (Wildman–Crippen MR) is 96.7 cm³/mol. The Balaban J connectivity index is 3.04. The number of alkyl halides is 1. The molecule has 1 aromatic carbocycles. The maximum Gasteiger partial charge on any atom is 0.341 e. The van der Waals surface area contributed by atoms with Gasteiger partial charge in [0.2, 0.25) is 0 Å². The second kappa shape index (κ2) is 11.1. The molecule has 0 saturated carbocycles. The smallest absolute Gasteiger partial charge is 0.341 e. The van der Waals surface area contributed by atoms with Crippen molar-refractivity contribution in [2.75, 3.05) is 18.5 Å². The molecule has 5 nitrogen and oxygen atoms in total. The lowest BCUT2D eigenvalue weighted by atomic mass is 10.0. The highest BCUT2D eigenvalue weighted by Gasteiger charge is 2.18. The molecule has 0 bridgehead atoms. The molecule has 0 amide bonds. The molecule has 0 heterocycles. The first-order valence-corrected chi connectivity index (χ1v) is 9.33. The standard InChI is InChI=1S/C18H25BrO5/c1-3-7-15-16(24-12-17(21)22)9-8-14(13(2)20)18(15)23-11-6-4-5-10-19/h8-9H,3-7,10-12H2,1-2H3,(H,21,22). The van der Waals surface area contributed by atoms with E-state index >= 15 is 0 Å². The van der Waals surface area contributed by atoms with Gasteiger partial charge in [-0.05, 0) is 44.7 Å². The summed E-state index contributed by atoms with van der Waals surface area (Å²) in [5.41, 5.74) is 1.29. The van der Waals surface area contributed by atoms with E-state index in [2.05, 4.69) is 15.9 Å². The van der Waals surface area contributed by atoms with Gasteiger partial charge in [-0.25, -0.2) is 4.79 Å². The van der Waals surface area contributed by atoms with Crippen molar-refractivity contribution in [2.45, 2.75) is 46.0 Å². The first-order chi connectivity index (χ1) is 11.5. The summed E-state index contributed by atoms with van der Waals surface area (Å²) in [6, 6.07) is 3.30. The number of carboxylic acid groups (broad SMARTS) is 1. The second-order valence-electron chi connectivity index (χ2n) is 5.51. The Hall–Kier alpha value is -1.56. The van der Waals surface area contributed by atoms with E-state index in [1.807, 2.05) is 6.92 Å². The Morgan fingerprint density at radius 2 is 1.92 bits per heavy atom.